The van der Waals surface area contributed by atoms with Crippen LogP contribution in [0.4, 0.5) is 10.6 Å². The molecular weight excluding hydrogens is 520 g/mol. The van der Waals surface area contributed by atoms with Gasteiger partial charge in [0.25, 0.3) is 5.91 Å². The molecule has 10 heteroatoms. The number of aliphatic carboxylic acids is 1. The molecule has 200 valence electrons. The first-order valence-corrected chi connectivity index (χ1v) is 12.6. The molecule has 0 fully saturated rings. The van der Waals surface area contributed by atoms with Crippen molar-refractivity contribution in [3.8, 4) is 5.69 Å². The van der Waals surface area contributed by atoms with Crippen molar-refractivity contribution in [1.29, 1.82) is 0 Å². The van der Waals surface area contributed by atoms with Crippen molar-refractivity contribution in [2.24, 2.45) is 0 Å². The molecule has 4 rings (SSSR count). The molecule has 0 aliphatic carbocycles. The SMILES string of the molecule is Cc1cnn(-c2ccc(C(=O)N[C@H](Cc3ccccc3)C(=O)O)cc2)c1NC(=O)O[C@H](C)c1ccccc1Cl. The minimum absolute atomic E-state index is 0.160. The molecule has 4 aromatic rings. The van der Waals surface area contributed by atoms with Gasteiger partial charge in [0.15, 0.2) is 0 Å². The van der Waals surface area contributed by atoms with Crippen LogP contribution in [-0.2, 0) is 16.0 Å². The number of halogens is 1. The molecule has 39 heavy (non-hydrogen) atoms. The molecule has 3 N–H and O–H groups in total. The fraction of sp³-hybridized carbons (Fsp3) is 0.172. The van der Waals surface area contributed by atoms with Crippen molar-refractivity contribution in [1.82, 2.24) is 15.1 Å². The first-order chi connectivity index (χ1) is 18.7. The van der Waals surface area contributed by atoms with Gasteiger partial charge in [-0.25, -0.2) is 14.3 Å². The third-order valence-corrected chi connectivity index (χ3v) is 6.40. The molecule has 0 saturated heterocycles. The summed E-state index contributed by atoms with van der Waals surface area (Å²) >= 11 is 6.21. The van der Waals surface area contributed by atoms with E-state index in [0.717, 1.165) is 5.56 Å². The standard InChI is InChI=1S/C29H27ClN4O5/c1-18-17-31-34(26(18)33-29(38)39-19(2)23-10-6-7-11-24(23)30)22-14-12-21(13-15-22)27(35)32-25(28(36)37)16-20-8-4-3-5-9-20/h3-15,17,19,25H,16H2,1-2H3,(H,32,35)(H,33,38)(H,36,37)/t19-,25-/m1/s1. The van der Waals surface area contributed by atoms with Gasteiger partial charge in [-0.1, -0.05) is 60.1 Å². The number of carbonyl (C=O) groups excluding carboxylic acids is 2. The van der Waals surface area contributed by atoms with Gasteiger partial charge in [0.2, 0.25) is 0 Å². The normalized spacial score (nSPS) is 12.3. The number of aromatic nitrogens is 2. The fourth-order valence-corrected chi connectivity index (χ4v) is 4.27. The molecule has 2 amide bonds. The van der Waals surface area contributed by atoms with Crippen LogP contribution in [0.5, 0.6) is 0 Å². The lowest BCUT2D eigenvalue weighted by molar-refractivity contribution is -0.139. The summed E-state index contributed by atoms with van der Waals surface area (Å²) in [6.45, 7) is 3.51. The van der Waals surface area contributed by atoms with Gasteiger partial charge in [-0.3, -0.25) is 10.1 Å². The number of anilines is 1. The summed E-state index contributed by atoms with van der Waals surface area (Å²) in [6.07, 6.45) is 0.493. The summed E-state index contributed by atoms with van der Waals surface area (Å²) in [5.41, 5.74) is 3.04. The van der Waals surface area contributed by atoms with E-state index in [2.05, 4.69) is 15.7 Å². The Morgan fingerprint density at radius 1 is 1.00 bits per heavy atom. The smallest absolute Gasteiger partial charge is 0.413 e. The molecule has 0 saturated carbocycles. The molecule has 1 aromatic heterocycles. The van der Waals surface area contributed by atoms with Crippen LogP contribution >= 0.6 is 11.6 Å². The molecule has 3 aromatic carbocycles. The van der Waals surface area contributed by atoms with Crippen LogP contribution in [0.2, 0.25) is 5.02 Å². The first-order valence-electron chi connectivity index (χ1n) is 12.2. The number of aryl methyl sites for hydroxylation is 1. The average molecular weight is 547 g/mol. The summed E-state index contributed by atoms with van der Waals surface area (Å²) in [4.78, 5) is 37.2. The Bertz CT molecular complexity index is 1470. The lowest BCUT2D eigenvalue weighted by Crippen LogP contribution is -2.42. The minimum Gasteiger partial charge on any atom is -0.480 e. The zero-order valence-electron chi connectivity index (χ0n) is 21.3. The van der Waals surface area contributed by atoms with Gasteiger partial charge in [-0.15, -0.1) is 0 Å². The quantitative estimate of drug-likeness (QED) is 0.252. The zero-order chi connectivity index (χ0) is 27.9. The molecule has 0 unspecified atom stereocenters. The van der Waals surface area contributed by atoms with Gasteiger partial charge < -0.3 is 15.2 Å². The second kappa shape index (κ2) is 12.3. The van der Waals surface area contributed by atoms with Gasteiger partial charge in [0.1, 0.15) is 18.0 Å². The van der Waals surface area contributed by atoms with Gasteiger partial charge in [-0.05, 0) is 49.7 Å². The number of hydrogen-bond donors (Lipinski definition) is 3. The number of amides is 2. The number of carboxylic acids is 1. The second-order valence-electron chi connectivity index (χ2n) is 8.88. The molecular formula is C29H27ClN4O5. The Morgan fingerprint density at radius 3 is 2.33 bits per heavy atom. The third-order valence-electron chi connectivity index (χ3n) is 6.06. The highest BCUT2D eigenvalue weighted by atomic mass is 35.5. The summed E-state index contributed by atoms with van der Waals surface area (Å²) in [7, 11) is 0. The van der Waals surface area contributed by atoms with Gasteiger partial charge in [0, 0.05) is 28.1 Å². The molecule has 2 atom stereocenters. The highest BCUT2D eigenvalue weighted by Gasteiger charge is 2.22. The van der Waals surface area contributed by atoms with E-state index >= 15 is 0 Å². The Hall–Kier alpha value is -4.63. The predicted octanol–water partition coefficient (Wildman–Crippen LogP) is 5.57. The lowest BCUT2D eigenvalue weighted by atomic mass is 10.1. The lowest BCUT2D eigenvalue weighted by Gasteiger charge is -2.17. The van der Waals surface area contributed by atoms with Crippen LogP contribution in [0.3, 0.4) is 0 Å². The second-order valence-corrected chi connectivity index (χ2v) is 9.29. The number of carboxylic acid groups (broad SMARTS) is 1. The van der Waals surface area contributed by atoms with Crippen LogP contribution in [0.15, 0.2) is 85.1 Å². The predicted molar refractivity (Wildman–Crippen MR) is 147 cm³/mol. The highest BCUT2D eigenvalue weighted by molar-refractivity contribution is 6.31. The van der Waals surface area contributed by atoms with E-state index in [9.17, 15) is 19.5 Å². The number of benzene rings is 3. The zero-order valence-corrected chi connectivity index (χ0v) is 22.1. The highest BCUT2D eigenvalue weighted by Crippen LogP contribution is 2.26. The topological polar surface area (TPSA) is 123 Å². The van der Waals surface area contributed by atoms with E-state index in [-0.39, 0.29) is 12.0 Å². The number of ether oxygens (including phenoxy) is 1. The van der Waals surface area contributed by atoms with Crippen molar-refractivity contribution in [3.63, 3.8) is 0 Å². The van der Waals surface area contributed by atoms with E-state index in [1.165, 1.54) is 4.68 Å². The van der Waals surface area contributed by atoms with Crippen LogP contribution in [0.25, 0.3) is 5.69 Å². The van der Waals surface area contributed by atoms with Crippen LogP contribution in [-0.4, -0.2) is 38.9 Å². The molecule has 0 radical (unpaired) electrons. The van der Waals surface area contributed by atoms with Crippen LogP contribution in [0.1, 0.15) is 40.1 Å². The molecule has 0 spiro atoms. The summed E-state index contributed by atoms with van der Waals surface area (Å²) in [5.74, 6) is -1.24. The van der Waals surface area contributed by atoms with Crippen molar-refractivity contribution >= 4 is 35.4 Å². The minimum atomic E-state index is -1.12. The number of hydrogen-bond acceptors (Lipinski definition) is 5. The summed E-state index contributed by atoms with van der Waals surface area (Å²) in [6, 6.07) is 21.5. The number of rotatable bonds is 9. The molecule has 0 aliphatic rings. The first kappa shape index (κ1) is 27.4. The third kappa shape index (κ3) is 6.82. The maximum Gasteiger partial charge on any atom is 0.413 e. The van der Waals surface area contributed by atoms with Crippen molar-refractivity contribution in [2.75, 3.05) is 5.32 Å². The van der Waals surface area contributed by atoms with E-state index in [1.807, 2.05) is 36.4 Å². The number of carbonyl (C=O) groups is 3. The fourth-order valence-electron chi connectivity index (χ4n) is 3.98. The monoisotopic (exact) mass is 546 g/mol. The van der Waals surface area contributed by atoms with E-state index in [4.69, 9.17) is 16.3 Å². The average Bonchev–Trinajstić information content (AvgIpc) is 3.28. The van der Waals surface area contributed by atoms with Crippen LogP contribution < -0.4 is 10.6 Å². The summed E-state index contributed by atoms with van der Waals surface area (Å²) in [5, 5.41) is 19.7. The van der Waals surface area contributed by atoms with Crippen molar-refractivity contribution in [3.05, 3.63) is 112 Å². The maximum atomic E-state index is 12.8. The van der Waals surface area contributed by atoms with Gasteiger partial charge in [-0.2, -0.15) is 5.10 Å². The van der Waals surface area contributed by atoms with Crippen LogP contribution in [0, 0.1) is 6.92 Å². The molecule has 1 heterocycles. The number of nitrogens with one attached hydrogen (secondary N) is 2. The Labute approximate surface area is 230 Å². The van der Waals surface area contributed by atoms with Crippen molar-refractivity contribution in [2.45, 2.75) is 32.4 Å². The largest absolute Gasteiger partial charge is 0.480 e. The molecule has 0 aliphatic heterocycles. The van der Waals surface area contributed by atoms with E-state index in [1.54, 1.807) is 62.5 Å². The maximum absolute atomic E-state index is 12.8. The van der Waals surface area contributed by atoms with Gasteiger partial charge in [0.05, 0.1) is 11.9 Å². The van der Waals surface area contributed by atoms with E-state index < -0.39 is 30.1 Å². The summed E-state index contributed by atoms with van der Waals surface area (Å²) < 4.78 is 7.02. The Kier molecular flexibility index (Phi) is 8.63. The molecule has 9 nitrogen and oxygen atoms in total. The van der Waals surface area contributed by atoms with E-state index in [0.29, 0.717) is 27.7 Å². The molecule has 0 bridgehead atoms. The Balaban J connectivity index is 1.44. The number of nitrogens with zero attached hydrogens (tertiary/aromatic N) is 2. The van der Waals surface area contributed by atoms with Crippen molar-refractivity contribution < 1.29 is 24.2 Å². The van der Waals surface area contributed by atoms with Gasteiger partial charge >= 0.3 is 12.1 Å². The Morgan fingerprint density at radius 2 is 1.67 bits per heavy atom.